The van der Waals surface area contributed by atoms with Crippen LogP contribution in [0.3, 0.4) is 0 Å². The van der Waals surface area contributed by atoms with E-state index in [0.717, 1.165) is 37.9 Å². The molecule has 3 atom stereocenters. The molecule has 1 aromatic heterocycles. The monoisotopic (exact) mass is 321 g/mol. The van der Waals surface area contributed by atoms with Crippen LogP contribution in [0.2, 0.25) is 0 Å². The Bertz CT molecular complexity index is 543. The van der Waals surface area contributed by atoms with Gasteiger partial charge in [-0.3, -0.25) is 9.69 Å². The third-order valence-electron chi connectivity index (χ3n) is 5.28. The van der Waals surface area contributed by atoms with Crippen molar-refractivity contribution in [1.29, 1.82) is 0 Å². The normalized spacial score (nSPS) is 28.2. The summed E-state index contributed by atoms with van der Waals surface area (Å²) in [4.78, 5) is 18.2. The van der Waals surface area contributed by atoms with Crippen molar-refractivity contribution in [3.8, 4) is 0 Å². The maximum atomic E-state index is 11.6. The summed E-state index contributed by atoms with van der Waals surface area (Å²) in [5.74, 6) is 1.68. The van der Waals surface area contributed by atoms with E-state index >= 15 is 0 Å². The van der Waals surface area contributed by atoms with Gasteiger partial charge in [-0.1, -0.05) is 31.8 Å². The Kier molecular flexibility index (Phi) is 4.99. The molecule has 1 aromatic rings. The van der Waals surface area contributed by atoms with E-state index in [9.17, 15) is 9.90 Å². The molecule has 1 N–H and O–H groups in total. The molecular weight excluding hydrogens is 294 g/mol. The minimum Gasteiger partial charge on any atom is -0.480 e. The van der Waals surface area contributed by atoms with Crippen molar-refractivity contribution in [2.45, 2.75) is 77.4 Å². The van der Waals surface area contributed by atoms with Crippen molar-refractivity contribution >= 4 is 5.97 Å². The van der Waals surface area contributed by atoms with Gasteiger partial charge in [0.25, 0.3) is 0 Å². The van der Waals surface area contributed by atoms with Crippen molar-refractivity contribution in [2.24, 2.45) is 11.8 Å². The summed E-state index contributed by atoms with van der Waals surface area (Å²) >= 11 is 0. The Morgan fingerprint density at radius 2 is 2.17 bits per heavy atom. The zero-order valence-electron chi connectivity index (χ0n) is 14.1. The molecule has 6 heteroatoms. The highest BCUT2D eigenvalue weighted by molar-refractivity contribution is 5.74. The zero-order valence-corrected chi connectivity index (χ0v) is 14.1. The van der Waals surface area contributed by atoms with Crippen LogP contribution in [0.5, 0.6) is 0 Å². The summed E-state index contributed by atoms with van der Waals surface area (Å²) in [5, 5.41) is 13.6. The maximum absolute atomic E-state index is 11.6. The smallest absolute Gasteiger partial charge is 0.320 e. The minimum atomic E-state index is -0.723. The first kappa shape index (κ1) is 16.4. The number of hydrogen-bond acceptors (Lipinski definition) is 5. The van der Waals surface area contributed by atoms with Crippen LogP contribution in [0.15, 0.2) is 4.52 Å². The number of carbonyl (C=O) groups is 1. The van der Waals surface area contributed by atoms with Gasteiger partial charge in [-0.05, 0) is 37.5 Å². The summed E-state index contributed by atoms with van der Waals surface area (Å²) in [6, 6.07) is -0.0509. The van der Waals surface area contributed by atoms with Gasteiger partial charge in [0.15, 0.2) is 5.82 Å². The second-order valence-corrected chi connectivity index (χ2v) is 7.41. The Balaban J connectivity index is 1.68. The lowest BCUT2D eigenvalue weighted by molar-refractivity contribution is -0.143. The first-order valence-electron chi connectivity index (χ1n) is 8.84. The van der Waals surface area contributed by atoms with Crippen molar-refractivity contribution in [3.05, 3.63) is 11.7 Å². The average molecular weight is 321 g/mol. The first-order valence-corrected chi connectivity index (χ1v) is 8.84. The van der Waals surface area contributed by atoms with Crippen molar-refractivity contribution in [1.82, 2.24) is 15.0 Å². The molecule has 128 valence electrons. The molecule has 0 radical (unpaired) electrons. The SMILES string of the molecule is CC(C)CCc1noc(CN2C(C(=O)O)CC3CCCCC32)n1. The topological polar surface area (TPSA) is 79.5 Å². The number of nitrogens with zero attached hydrogens (tertiary/aromatic N) is 3. The number of carboxylic acid groups (broad SMARTS) is 1. The van der Waals surface area contributed by atoms with Gasteiger partial charge in [0.1, 0.15) is 6.04 Å². The van der Waals surface area contributed by atoms with E-state index in [-0.39, 0.29) is 0 Å². The van der Waals surface area contributed by atoms with E-state index < -0.39 is 12.0 Å². The average Bonchev–Trinajstić information content (AvgIpc) is 3.11. The van der Waals surface area contributed by atoms with Gasteiger partial charge in [-0.2, -0.15) is 4.98 Å². The number of rotatable bonds is 6. The van der Waals surface area contributed by atoms with Crippen molar-refractivity contribution < 1.29 is 14.4 Å². The van der Waals surface area contributed by atoms with E-state index in [0.29, 0.717) is 30.3 Å². The zero-order chi connectivity index (χ0) is 16.4. The molecule has 1 saturated carbocycles. The highest BCUT2D eigenvalue weighted by Gasteiger charge is 2.45. The van der Waals surface area contributed by atoms with E-state index in [4.69, 9.17) is 4.52 Å². The molecule has 2 heterocycles. The molecule has 1 aliphatic heterocycles. The Morgan fingerprint density at radius 1 is 1.39 bits per heavy atom. The quantitative estimate of drug-likeness (QED) is 0.868. The molecule has 3 rings (SSSR count). The van der Waals surface area contributed by atoms with Gasteiger partial charge >= 0.3 is 5.97 Å². The fraction of sp³-hybridized carbons (Fsp3) is 0.824. The number of aryl methyl sites for hydroxylation is 1. The Morgan fingerprint density at radius 3 is 2.91 bits per heavy atom. The van der Waals surface area contributed by atoms with Gasteiger partial charge in [-0.15, -0.1) is 0 Å². The summed E-state index contributed by atoms with van der Waals surface area (Å²) < 4.78 is 5.37. The van der Waals surface area contributed by atoms with Crippen LogP contribution in [-0.4, -0.2) is 38.2 Å². The molecule has 0 amide bonds. The lowest BCUT2D eigenvalue weighted by Crippen LogP contribution is -2.41. The second kappa shape index (κ2) is 6.99. The summed E-state index contributed by atoms with van der Waals surface area (Å²) in [7, 11) is 0. The van der Waals surface area contributed by atoms with Crippen LogP contribution >= 0.6 is 0 Å². The second-order valence-electron chi connectivity index (χ2n) is 7.41. The predicted molar refractivity (Wildman–Crippen MR) is 84.8 cm³/mol. The largest absolute Gasteiger partial charge is 0.480 e. The number of aliphatic carboxylic acids is 1. The molecule has 2 fully saturated rings. The summed E-state index contributed by atoms with van der Waals surface area (Å²) in [6.45, 7) is 4.81. The highest BCUT2D eigenvalue weighted by Crippen LogP contribution is 2.40. The molecule has 2 aliphatic rings. The predicted octanol–water partition coefficient (Wildman–Crippen LogP) is 2.88. The van der Waals surface area contributed by atoms with Crippen LogP contribution in [0.1, 0.15) is 64.1 Å². The van der Waals surface area contributed by atoms with Gasteiger partial charge in [0.05, 0.1) is 6.54 Å². The third-order valence-corrected chi connectivity index (χ3v) is 5.28. The molecule has 0 spiro atoms. The van der Waals surface area contributed by atoms with Gasteiger partial charge in [0, 0.05) is 12.5 Å². The van der Waals surface area contributed by atoms with Gasteiger partial charge < -0.3 is 9.63 Å². The van der Waals surface area contributed by atoms with Gasteiger partial charge in [-0.25, -0.2) is 0 Å². The van der Waals surface area contributed by atoms with E-state index in [1.807, 2.05) is 0 Å². The molecule has 0 aromatic carbocycles. The summed E-state index contributed by atoms with van der Waals surface area (Å²) in [5.41, 5.74) is 0. The first-order chi connectivity index (χ1) is 11.0. The number of fused-ring (bicyclic) bond motifs is 1. The lowest BCUT2D eigenvalue weighted by atomic mass is 9.85. The van der Waals surface area contributed by atoms with E-state index in [1.165, 1.54) is 12.8 Å². The number of carboxylic acids is 1. The lowest BCUT2D eigenvalue weighted by Gasteiger charge is -2.31. The van der Waals surface area contributed by atoms with Crippen LogP contribution in [-0.2, 0) is 17.8 Å². The molecule has 3 unspecified atom stereocenters. The van der Waals surface area contributed by atoms with E-state index in [2.05, 4.69) is 28.9 Å². The third kappa shape index (κ3) is 3.74. The van der Waals surface area contributed by atoms with Crippen LogP contribution in [0, 0.1) is 11.8 Å². The van der Waals surface area contributed by atoms with Gasteiger partial charge in [0.2, 0.25) is 5.89 Å². The molecule has 0 bridgehead atoms. The maximum Gasteiger partial charge on any atom is 0.320 e. The minimum absolute atomic E-state index is 0.357. The Hall–Kier alpha value is -1.43. The van der Waals surface area contributed by atoms with Crippen LogP contribution < -0.4 is 0 Å². The van der Waals surface area contributed by atoms with E-state index in [1.54, 1.807) is 0 Å². The molecular formula is C17H27N3O3. The fourth-order valence-corrected chi connectivity index (χ4v) is 4.05. The molecule has 23 heavy (non-hydrogen) atoms. The van der Waals surface area contributed by atoms with Crippen molar-refractivity contribution in [3.63, 3.8) is 0 Å². The molecule has 6 nitrogen and oxygen atoms in total. The van der Waals surface area contributed by atoms with Crippen molar-refractivity contribution in [2.75, 3.05) is 0 Å². The Labute approximate surface area is 137 Å². The number of likely N-dealkylation sites (tertiary alicyclic amines) is 1. The summed E-state index contributed by atoms with van der Waals surface area (Å²) in [6.07, 6.45) is 7.25. The highest BCUT2D eigenvalue weighted by atomic mass is 16.5. The number of hydrogen-bond donors (Lipinski definition) is 1. The van der Waals surface area contributed by atoms with Crippen LogP contribution in [0.25, 0.3) is 0 Å². The molecule has 1 saturated heterocycles. The fourth-order valence-electron chi connectivity index (χ4n) is 4.05. The van der Waals surface area contributed by atoms with Crippen LogP contribution in [0.4, 0.5) is 0 Å². The standard InChI is InChI=1S/C17H27N3O3/c1-11(2)7-8-15-18-16(23-19-15)10-20-13-6-4-3-5-12(13)9-14(20)17(21)22/h11-14H,3-10H2,1-2H3,(H,21,22). The molecule has 1 aliphatic carbocycles. The number of aromatic nitrogens is 2.